The predicted octanol–water partition coefficient (Wildman–Crippen LogP) is 4.40. The molecule has 1 heterocycles. The maximum Gasteiger partial charge on any atom is 0.329 e. The molecule has 0 saturated heterocycles. The Labute approximate surface area is 209 Å². The second-order valence-electron chi connectivity index (χ2n) is 8.70. The second kappa shape index (κ2) is 10.4. The third-order valence-corrected chi connectivity index (χ3v) is 5.88. The minimum Gasteiger partial charge on any atom is -0.454 e. The summed E-state index contributed by atoms with van der Waals surface area (Å²) in [5.74, 6) is -2.49. The van der Waals surface area contributed by atoms with Crippen molar-refractivity contribution >= 4 is 40.8 Å². The van der Waals surface area contributed by atoms with Crippen molar-refractivity contribution in [2.75, 3.05) is 16.8 Å². The minimum atomic E-state index is -1.16. The van der Waals surface area contributed by atoms with E-state index in [1.54, 1.807) is 24.3 Å². The van der Waals surface area contributed by atoms with E-state index in [0.29, 0.717) is 5.69 Å². The number of fused-ring (bicyclic) bond motifs is 1. The van der Waals surface area contributed by atoms with Gasteiger partial charge in [0, 0.05) is 23.1 Å². The van der Waals surface area contributed by atoms with Gasteiger partial charge in [-0.1, -0.05) is 30.3 Å². The van der Waals surface area contributed by atoms with E-state index in [0.717, 1.165) is 16.3 Å². The normalized spacial score (nSPS) is 13.4. The molecule has 3 aromatic rings. The molecule has 0 spiro atoms. The summed E-state index contributed by atoms with van der Waals surface area (Å²) < 4.78 is 5.09. The summed E-state index contributed by atoms with van der Waals surface area (Å²) >= 11 is 0. The minimum absolute atomic E-state index is 0.219. The summed E-state index contributed by atoms with van der Waals surface area (Å²) in [5, 5.41) is 2.69. The van der Waals surface area contributed by atoms with E-state index in [9.17, 15) is 19.2 Å². The fourth-order valence-corrected chi connectivity index (χ4v) is 4.16. The van der Waals surface area contributed by atoms with E-state index < -0.39 is 36.3 Å². The van der Waals surface area contributed by atoms with Crippen molar-refractivity contribution in [1.82, 2.24) is 4.90 Å². The van der Waals surface area contributed by atoms with Crippen molar-refractivity contribution in [1.29, 1.82) is 0 Å². The Hall–Kier alpha value is -4.46. The number of carbonyl (C=O) groups is 4. The molecule has 0 bridgehead atoms. The van der Waals surface area contributed by atoms with Gasteiger partial charge in [-0.2, -0.15) is 0 Å². The molecule has 1 atom stereocenters. The molecular formula is C28H27N3O5. The molecule has 8 nitrogen and oxygen atoms in total. The zero-order chi connectivity index (χ0) is 25.8. The van der Waals surface area contributed by atoms with Gasteiger partial charge in [0.15, 0.2) is 6.61 Å². The quantitative estimate of drug-likeness (QED) is 0.375. The van der Waals surface area contributed by atoms with Crippen molar-refractivity contribution in [2.24, 2.45) is 0 Å². The SMILES string of the molecule is CC(C(=O)OCC(=O)Nc1ccc(N(c2ccccc2)C(C)C)cc1)N1C(=O)c2ccccc2C1=O. The van der Waals surface area contributed by atoms with Crippen LogP contribution in [0.15, 0.2) is 78.9 Å². The van der Waals surface area contributed by atoms with Gasteiger partial charge in [-0.25, -0.2) is 4.79 Å². The highest BCUT2D eigenvalue weighted by molar-refractivity contribution is 6.22. The first-order valence-electron chi connectivity index (χ1n) is 11.7. The largest absolute Gasteiger partial charge is 0.454 e. The predicted molar refractivity (Wildman–Crippen MR) is 136 cm³/mol. The van der Waals surface area contributed by atoms with Crippen LogP contribution in [0.5, 0.6) is 0 Å². The van der Waals surface area contributed by atoms with Crippen LogP contribution in [0.4, 0.5) is 17.1 Å². The molecule has 8 heteroatoms. The lowest BCUT2D eigenvalue weighted by Crippen LogP contribution is -2.44. The maximum atomic E-state index is 12.6. The molecule has 4 rings (SSSR count). The molecule has 1 aliphatic rings. The monoisotopic (exact) mass is 485 g/mol. The van der Waals surface area contributed by atoms with Gasteiger partial charge in [0.2, 0.25) is 0 Å². The van der Waals surface area contributed by atoms with Crippen molar-refractivity contribution in [3.05, 3.63) is 90.0 Å². The van der Waals surface area contributed by atoms with Crippen LogP contribution in [0.2, 0.25) is 0 Å². The Morgan fingerprint density at radius 3 is 1.89 bits per heavy atom. The van der Waals surface area contributed by atoms with Crippen molar-refractivity contribution < 1.29 is 23.9 Å². The molecule has 1 unspecified atom stereocenters. The van der Waals surface area contributed by atoms with Gasteiger partial charge in [0.25, 0.3) is 17.7 Å². The van der Waals surface area contributed by atoms with Crippen LogP contribution >= 0.6 is 0 Å². The summed E-state index contributed by atoms with van der Waals surface area (Å²) in [4.78, 5) is 53.0. The van der Waals surface area contributed by atoms with E-state index in [1.165, 1.54) is 19.1 Å². The standard InChI is InChI=1S/C28H27N3O5/c1-18(2)30(21-9-5-4-6-10-21)22-15-13-20(14-16-22)29-25(32)17-36-28(35)19(3)31-26(33)23-11-7-8-12-24(23)27(31)34/h4-16,18-19H,17H2,1-3H3,(H,29,32). The summed E-state index contributed by atoms with van der Waals surface area (Å²) in [6.07, 6.45) is 0. The van der Waals surface area contributed by atoms with E-state index in [2.05, 4.69) is 24.1 Å². The molecule has 0 aromatic heterocycles. The number of para-hydroxylation sites is 1. The molecule has 0 fully saturated rings. The van der Waals surface area contributed by atoms with Crippen molar-refractivity contribution in [2.45, 2.75) is 32.9 Å². The number of rotatable bonds is 8. The number of esters is 1. The van der Waals surface area contributed by atoms with E-state index in [4.69, 9.17) is 4.74 Å². The zero-order valence-electron chi connectivity index (χ0n) is 20.3. The number of anilines is 3. The lowest BCUT2D eigenvalue weighted by Gasteiger charge is -2.29. The molecular weight excluding hydrogens is 458 g/mol. The number of nitrogens with one attached hydrogen (secondary N) is 1. The highest BCUT2D eigenvalue weighted by Gasteiger charge is 2.41. The maximum absolute atomic E-state index is 12.6. The number of carbonyl (C=O) groups excluding carboxylic acids is 4. The van der Waals surface area contributed by atoms with Crippen LogP contribution in [0.3, 0.4) is 0 Å². The Bertz CT molecular complexity index is 1250. The van der Waals surface area contributed by atoms with Gasteiger partial charge in [-0.15, -0.1) is 0 Å². The lowest BCUT2D eigenvalue weighted by atomic mass is 10.1. The molecule has 3 amide bonds. The highest BCUT2D eigenvalue weighted by atomic mass is 16.5. The third kappa shape index (κ3) is 4.98. The summed E-state index contributed by atoms with van der Waals surface area (Å²) in [5.41, 5.74) is 3.06. The van der Waals surface area contributed by atoms with E-state index in [-0.39, 0.29) is 17.2 Å². The first kappa shape index (κ1) is 24.7. The summed E-state index contributed by atoms with van der Waals surface area (Å²) in [7, 11) is 0. The highest BCUT2D eigenvalue weighted by Crippen LogP contribution is 2.29. The molecule has 0 aliphatic carbocycles. The Balaban J connectivity index is 1.33. The van der Waals surface area contributed by atoms with Crippen LogP contribution in [-0.4, -0.2) is 47.3 Å². The number of ether oxygens (including phenoxy) is 1. The third-order valence-electron chi connectivity index (χ3n) is 5.88. The van der Waals surface area contributed by atoms with E-state index >= 15 is 0 Å². The zero-order valence-corrected chi connectivity index (χ0v) is 20.3. The van der Waals surface area contributed by atoms with Crippen molar-refractivity contribution in [3.63, 3.8) is 0 Å². The number of amides is 3. The molecule has 0 radical (unpaired) electrons. The van der Waals surface area contributed by atoms with Crippen LogP contribution in [-0.2, 0) is 14.3 Å². The van der Waals surface area contributed by atoms with E-state index in [1.807, 2.05) is 42.5 Å². The van der Waals surface area contributed by atoms with Gasteiger partial charge in [0.1, 0.15) is 6.04 Å². The van der Waals surface area contributed by atoms with Gasteiger partial charge in [-0.05, 0) is 69.3 Å². The molecule has 1 N–H and O–H groups in total. The first-order chi connectivity index (χ1) is 17.3. The fraction of sp³-hybridized carbons (Fsp3) is 0.214. The first-order valence-corrected chi connectivity index (χ1v) is 11.7. The van der Waals surface area contributed by atoms with Gasteiger partial charge >= 0.3 is 5.97 Å². The van der Waals surface area contributed by atoms with Crippen molar-refractivity contribution in [3.8, 4) is 0 Å². The fourth-order valence-electron chi connectivity index (χ4n) is 4.16. The molecule has 184 valence electrons. The number of nitrogens with zero attached hydrogens (tertiary/aromatic N) is 2. The number of hydrogen-bond donors (Lipinski definition) is 1. The number of benzene rings is 3. The Morgan fingerprint density at radius 1 is 0.806 bits per heavy atom. The van der Waals surface area contributed by atoms with Crippen LogP contribution in [0.1, 0.15) is 41.5 Å². The second-order valence-corrected chi connectivity index (χ2v) is 8.70. The number of imide groups is 1. The van der Waals surface area contributed by atoms with Crippen LogP contribution < -0.4 is 10.2 Å². The van der Waals surface area contributed by atoms with Gasteiger partial charge in [0.05, 0.1) is 11.1 Å². The average molecular weight is 486 g/mol. The summed E-state index contributed by atoms with van der Waals surface area (Å²) in [6.45, 7) is 5.05. The van der Waals surface area contributed by atoms with Gasteiger partial charge < -0.3 is 15.0 Å². The molecule has 1 aliphatic heterocycles. The summed E-state index contributed by atoms with van der Waals surface area (Å²) in [6, 6.07) is 22.8. The molecule has 3 aromatic carbocycles. The topological polar surface area (TPSA) is 96.0 Å². The lowest BCUT2D eigenvalue weighted by molar-refractivity contribution is -0.150. The smallest absolute Gasteiger partial charge is 0.329 e. The Morgan fingerprint density at radius 2 is 1.33 bits per heavy atom. The molecule has 36 heavy (non-hydrogen) atoms. The Kier molecular flexibility index (Phi) is 7.15. The number of hydrogen-bond acceptors (Lipinski definition) is 6. The molecule has 0 saturated carbocycles. The van der Waals surface area contributed by atoms with Crippen LogP contribution in [0, 0.1) is 0 Å². The van der Waals surface area contributed by atoms with Gasteiger partial charge in [-0.3, -0.25) is 19.3 Å². The average Bonchev–Trinajstić information content (AvgIpc) is 3.13. The van der Waals surface area contributed by atoms with Crippen LogP contribution in [0.25, 0.3) is 0 Å².